The number of halogens is 1. The maximum atomic E-state index is 12.4. The molecule has 0 radical (unpaired) electrons. The van der Waals surface area contributed by atoms with Crippen LogP contribution in [-0.2, 0) is 22.7 Å². The van der Waals surface area contributed by atoms with Crippen LogP contribution in [0.3, 0.4) is 0 Å². The molecule has 1 aliphatic rings. The van der Waals surface area contributed by atoms with Gasteiger partial charge in [-0.2, -0.15) is 0 Å². The molecule has 0 aliphatic carbocycles. The summed E-state index contributed by atoms with van der Waals surface area (Å²) in [5, 5.41) is 15.9. The number of aliphatic hydroxyl groups is 1. The summed E-state index contributed by atoms with van der Waals surface area (Å²) in [5.41, 5.74) is 2.10. The number of dihydropyridines is 1. The highest BCUT2D eigenvalue weighted by Gasteiger charge is 2.16. The molecular weight excluding hydrogens is 394 g/mol. The Bertz CT molecular complexity index is 973. The van der Waals surface area contributed by atoms with E-state index in [1.807, 2.05) is 12.1 Å². The molecule has 3 N–H and O–H groups in total. The molecule has 8 nitrogen and oxygen atoms in total. The summed E-state index contributed by atoms with van der Waals surface area (Å²) in [7, 11) is 0. The van der Waals surface area contributed by atoms with Crippen LogP contribution in [0, 0.1) is 0 Å². The van der Waals surface area contributed by atoms with Crippen molar-refractivity contribution in [2.45, 2.75) is 32.5 Å². The van der Waals surface area contributed by atoms with E-state index in [2.05, 4.69) is 25.6 Å². The number of allylic oxidation sites excluding steroid dienone is 1. The highest BCUT2D eigenvalue weighted by molar-refractivity contribution is 6.30. The number of aliphatic hydroxyl groups excluding tert-OH is 1. The van der Waals surface area contributed by atoms with Gasteiger partial charge in [0, 0.05) is 35.8 Å². The van der Waals surface area contributed by atoms with Crippen LogP contribution < -0.4 is 10.6 Å². The van der Waals surface area contributed by atoms with Gasteiger partial charge in [-0.25, -0.2) is 15.0 Å². The third-order valence-corrected chi connectivity index (χ3v) is 4.44. The Kier molecular flexibility index (Phi) is 6.69. The fourth-order valence-electron chi connectivity index (χ4n) is 2.64. The Morgan fingerprint density at radius 2 is 2.03 bits per heavy atom. The largest absolute Gasteiger partial charge is 0.388 e. The van der Waals surface area contributed by atoms with E-state index < -0.39 is 6.04 Å². The van der Waals surface area contributed by atoms with Crippen LogP contribution in [0.15, 0.2) is 41.4 Å². The first-order chi connectivity index (χ1) is 13.9. The first-order valence-corrected chi connectivity index (χ1v) is 9.37. The minimum atomic E-state index is -0.577. The Balaban J connectivity index is 1.67. The second-order valence-corrected chi connectivity index (χ2v) is 6.88. The zero-order valence-corrected chi connectivity index (χ0v) is 16.5. The lowest BCUT2D eigenvalue weighted by molar-refractivity contribution is -0.121. The highest BCUT2D eigenvalue weighted by atomic mass is 35.5. The zero-order chi connectivity index (χ0) is 20.8. The van der Waals surface area contributed by atoms with Crippen molar-refractivity contribution >= 4 is 41.0 Å². The van der Waals surface area contributed by atoms with Crippen molar-refractivity contribution in [2.24, 2.45) is 4.99 Å². The predicted molar refractivity (Wildman–Crippen MR) is 110 cm³/mol. The second-order valence-electron chi connectivity index (χ2n) is 6.44. The average molecular weight is 414 g/mol. The molecule has 2 heterocycles. The van der Waals surface area contributed by atoms with E-state index in [0.29, 0.717) is 28.7 Å². The standard InChI is InChI=1S/C20H20ClN5O3/c1-12(20(29)23-9-13-2-5-15(21)6-3-13)24-17-8-16(25-18(11-27)26-17)14-4-7-19(28)22-10-14/h2-6,8,10,12,27H,7,9,11H2,1H3,(H,23,29)(H,24,25,26)/t12-/m1/s1. The summed E-state index contributed by atoms with van der Waals surface area (Å²) in [6.07, 6.45) is 3.34. The van der Waals surface area contributed by atoms with Gasteiger partial charge < -0.3 is 15.7 Å². The van der Waals surface area contributed by atoms with E-state index in [1.54, 1.807) is 31.2 Å². The number of hydrogen-bond donors (Lipinski definition) is 3. The van der Waals surface area contributed by atoms with Crippen molar-refractivity contribution in [2.75, 3.05) is 5.32 Å². The van der Waals surface area contributed by atoms with Gasteiger partial charge in [0.15, 0.2) is 5.82 Å². The Labute approximate surface area is 172 Å². The Morgan fingerprint density at radius 3 is 2.69 bits per heavy atom. The lowest BCUT2D eigenvalue weighted by atomic mass is 10.1. The number of rotatable bonds is 7. The van der Waals surface area contributed by atoms with E-state index in [-0.39, 0.29) is 30.7 Å². The van der Waals surface area contributed by atoms with E-state index in [4.69, 9.17) is 11.6 Å². The van der Waals surface area contributed by atoms with Crippen molar-refractivity contribution in [1.29, 1.82) is 0 Å². The van der Waals surface area contributed by atoms with Crippen LogP contribution in [0.5, 0.6) is 0 Å². The molecule has 1 aromatic heterocycles. The minimum absolute atomic E-state index is 0.191. The third kappa shape index (κ3) is 5.69. The first-order valence-electron chi connectivity index (χ1n) is 8.99. The molecule has 0 saturated carbocycles. The normalized spacial score (nSPS) is 14.3. The lowest BCUT2D eigenvalue weighted by Gasteiger charge is -2.16. The monoisotopic (exact) mass is 413 g/mol. The maximum absolute atomic E-state index is 12.4. The number of nitrogens with zero attached hydrogens (tertiary/aromatic N) is 3. The van der Waals surface area contributed by atoms with Crippen molar-refractivity contribution in [3.63, 3.8) is 0 Å². The fraction of sp³-hybridized carbons (Fsp3) is 0.250. The number of carbonyl (C=O) groups is 2. The first kappa shape index (κ1) is 20.6. The number of aromatic nitrogens is 2. The van der Waals surface area contributed by atoms with E-state index in [0.717, 1.165) is 5.56 Å². The fourth-order valence-corrected chi connectivity index (χ4v) is 2.76. The molecular formula is C20H20ClN5O3. The van der Waals surface area contributed by atoms with Gasteiger partial charge in [0.1, 0.15) is 18.5 Å². The van der Waals surface area contributed by atoms with Gasteiger partial charge in [-0.15, -0.1) is 0 Å². The molecule has 2 amide bonds. The van der Waals surface area contributed by atoms with E-state index in [1.165, 1.54) is 6.21 Å². The Hall–Kier alpha value is -3.10. The van der Waals surface area contributed by atoms with Crippen LogP contribution in [0.2, 0.25) is 5.02 Å². The second kappa shape index (κ2) is 9.40. The summed E-state index contributed by atoms with van der Waals surface area (Å²) in [6, 6.07) is 8.29. The molecule has 3 rings (SSSR count). The smallest absolute Gasteiger partial charge is 0.249 e. The quantitative estimate of drug-likeness (QED) is 0.640. The minimum Gasteiger partial charge on any atom is -0.388 e. The van der Waals surface area contributed by atoms with Gasteiger partial charge in [0.25, 0.3) is 0 Å². The number of hydrogen-bond acceptors (Lipinski definition) is 6. The third-order valence-electron chi connectivity index (χ3n) is 4.19. The van der Waals surface area contributed by atoms with Crippen molar-refractivity contribution in [3.8, 4) is 0 Å². The van der Waals surface area contributed by atoms with Gasteiger partial charge in [-0.3, -0.25) is 9.59 Å². The van der Waals surface area contributed by atoms with Gasteiger partial charge in [-0.1, -0.05) is 29.8 Å². The molecule has 1 aromatic carbocycles. The van der Waals surface area contributed by atoms with E-state index >= 15 is 0 Å². The van der Waals surface area contributed by atoms with Crippen LogP contribution in [0.4, 0.5) is 5.82 Å². The molecule has 0 spiro atoms. The SMILES string of the molecule is C[C@@H](Nc1cc(C2=CCC(=O)N=C2)nc(CO)n1)C(=O)NCc1ccc(Cl)cc1. The molecule has 0 unspecified atom stereocenters. The van der Waals surface area contributed by atoms with Gasteiger partial charge in [0.05, 0.1) is 5.69 Å². The van der Waals surface area contributed by atoms with Crippen molar-refractivity contribution < 1.29 is 14.7 Å². The molecule has 1 aliphatic heterocycles. The van der Waals surface area contributed by atoms with Crippen LogP contribution in [0.1, 0.15) is 30.4 Å². The summed E-state index contributed by atoms with van der Waals surface area (Å²) in [6.45, 7) is 1.72. The number of benzene rings is 1. The number of anilines is 1. The summed E-state index contributed by atoms with van der Waals surface area (Å²) in [5.74, 6) is 0.147. The topological polar surface area (TPSA) is 117 Å². The van der Waals surface area contributed by atoms with Crippen LogP contribution >= 0.6 is 11.6 Å². The van der Waals surface area contributed by atoms with Crippen molar-refractivity contribution in [3.05, 3.63) is 58.5 Å². The molecule has 0 bridgehead atoms. The summed E-state index contributed by atoms with van der Waals surface area (Å²) >= 11 is 5.86. The number of amides is 2. The molecule has 150 valence electrons. The summed E-state index contributed by atoms with van der Waals surface area (Å²) < 4.78 is 0. The predicted octanol–water partition coefficient (Wildman–Crippen LogP) is 2.12. The molecule has 0 saturated heterocycles. The molecule has 9 heteroatoms. The highest BCUT2D eigenvalue weighted by Crippen LogP contribution is 2.18. The number of nitrogens with one attached hydrogen (secondary N) is 2. The average Bonchev–Trinajstić information content (AvgIpc) is 2.73. The Morgan fingerprint density at radius 1 is 1.28 bits per heavy atom. The summed E-state index contributed by atoms with van der Waals surface area (Å²) in [4.78, 5) is 35.9. The van der Waals surface area contributed by atoms with Gasteiger partial charge >= 0.3 is 0 Å². The number of carbonyl (C=O) groups excluding carboxylic acids is 2. The van der Waals surface area contributed by atoms with Crippen LogP contribution in [0.25, 0.3) is 5.57 Å². The molecule has 0 fully saturated rings. The molecule has 29 heavy (non-hydrogen) atoms. The molecule has 1 atom stereocenters. The van der Waals surface area contributed by atoms with Crippen molar-refractivity contribution in [1.82, 2.24) is 15.3 Å². The zero-order valence-electron chi connectivity index (χ0n) is 15.7. The van der Waals surface area contributed by atoms with Crippen LogP contribution in [-0.4, -0.2) is 39.1 Å². The van der Waals surface area contributed by atoms with Gasteiger partial charge in [-0.05, 0) is 24.6 Å². The number of aliphatic imine (C=N–C) groups is 1. The maximum Gasteiger partial charge on any atom is 0.249 e. The molecule has 2 aromatic rings. The van der Waals surface area contributed by atoms with E-state index in [9.17, 15) is 14.7 Å². The lowest BCUT2D eigenvalue weighted by Crippen LogP contribution is -2.37. The van der Waals surface area contributed by atoms with Gasteiger partial charge in [0.2, 0.25) is 11.8 Å².